The number of anilines is 1. The van der Waals surface area contributed by atoms with Crippen LogP contribution in [0.15, 0.2) is 49.6 Å². The minimum Gasteiger partial charge on any atom is -0.465 e. The topological polar surface area (TPSA) is 87.2 Å². The lowest BCUT2D eigenvalue weighted by molar-refractivity contribution is -0.154. The number of β-amino-alcohol motifs (C(OH)–C–C–N with tert-alkyl or cyclic N) is 1. The number of esters is 1. The van der Waals surface area contributed by atoms with E-state index in [-0.39, 0.29) is 42.7 Å². The molecule has 1 aromatic rings. The third-order valence-electron chi connectivity index (χ3n) is 7.41. The number of carbonyl (C=O) groups is 3. The first-order valence-electron chi connectivity index (χ1n) is 12.4. The molecule has 1 N–H and O–H groups in total. The number of carbonyl (C=O) groups excluding carboxylic acids is 3. The molecule has 7 nitrogen and oxygen atoms in total. The number of hydrogen-bond acceptors (Lipinski definition) is 6. The predicted octanol–water partition coefficient (Wildman–Crippen LogP) is 3.84. The fourth-order valence-electron chi connectivity index (χ4n) is 5.96. The first-order chi connectivity index (χ1) is 17.4. The molecule has 3 aliphatic rings. The monoisotopic (exact) mass is 532 g/mol. The summed E-state index contributed by atoms with van der Waals surface area (Å²) in [5, 5.41) is 10.1. The third kappa shape index (κ3) is 4.59. The summed E-state index contributed by atoms with van der Waals surface area (Å²) in [6.45, 7) is 7.76. The molecule has 5 atom stereocenters. The zero-order chi connectivity index (χ0) is 25.9. The maximum atomic E-state index is 14.2. The normalized spacial score (nSPS) is 28.2. The summed E-state index contributed by atoms with van der Waals surface area (Å²) < 4.78 is 4.86. The Balaban J connectivity index is 1.64. The molecular formula is C27H33ClN2O5S. The molecule has 3 heterocycles. The Bertz CT molecular complexity index is 1040. The molecule has 0 saturated carbocycles. The average molecular weight is 533 g/mol. The Morgan fingerprint density at radius 1 is 1.28 bits per heavy atom. The number of amides is 2. The minimum atomic E-state index is -0.821. The van der Waals surface area contributed by atoms with E-state index < -0.39 is 22.6 Å². The smallest absolute Gasteiger partial charge is 0.310 e. The lowest BCUT2D eigenvalue weighted by atomic mass is 9.71. The zero-order valence-corrected chi connectivity index (χ0v) is 21.9. The highest BCUT2D eigenvalue weighted by molar-refractivity contribution is 8.02. The third-order valence-corrected chi connectivity index (χ3v) is 9.69. The van der Waals surface area contributed by atoms with Gasteiger partial charge < -0.3 is 19.6 Å². The number of para-hydroxylation sites is 1. The minimum absolute atomic E-state index is 0.0203. The number of fused-ring (bicyclic) bond motifs is 1. The van der Waals surface area contributed by atoms with Gasteiger partial charge in [0.25, 0.3) is 5.91 Å². The number of ether oxygens (including phenoxy) is 1. The van der Waals surface area contributed by atoms with Crippen LogP contribution in [0.5, 0.6) is 0 Å². The van der Waals surface area contributed by atoms with Crippen LogP contribution in [0.1, 0.15) is 32.1 Å². The Morgan fingerprint density at radius 2 is 2.06 bits per heavy atom. The van der Waals surface area contributed by atoms with Gasteiger partial charge in [-0.1, -0.05) is 35.9 Å². The van der Waals surface area contributed by atoms with Crippen LogP contribution in [0, 0.1) is 11.8 Å². The van der Waals surface area contributed by atoms with Crippen molar-refractivity contribution in [2.24, 2.45) is 11.8 Å². The van der Waals surface area contributed by atoms with Gasteiger partial charge in [-0.05, 0) is 44.2 Å². The van der Waals surface area contributed by atoms with Crippen molar-refractivity contribution >= 4 is 46.8 Å². The number of allylic oxidation sites excluding steroid dienone is 1. The number of benzene rings is 1. The molecule has 1 spiro atoms. The molecule has 4 rings (SSSR count). The van der Waals surface area contributed by atoms with E-state index in [1.807, 2.05) is 6.08 Å². The molecule has 0 radical (unpaired) electrons. The fraction of sp³-hybridized carbons (Fsp3) is 0.519. The summed E-state index contributed by atoms with van der Waals surface area (Å²) in [6, 6.07) is 6.24. The Hall–Kier alpha value is -2.29. The average Bonchev–Trinajstić information content (AvgIpc) is 3.50. The van der Waals surface area contributed by atoms with Crippen LogP contribution in [-0.2, 0) is 19.1 Å². The highest BCUT2D eigenvalue weighted by atomic mass is 35.5. The molecule has 2 unspecified atom stereocenters. The van der Waals surface area contributed by atoms with E-state index in [1.54, 1.807) is 47.0 Å². The summed E-state index contributed by atoms with van der Waals surface area (Å²) in [4.78, 5) is 44.2. The van der Waals surface area contributed by atoms with E-state index in [0.717, 1.165) is 25.7 Å². The second-order valence-electron chi connectivity index (χ2n) is 9.45. The second-order valence-corrected chi connectivity index (χ2v) is 11.5. The van der Waals surface area contributed by atoms with E-state index in [4.69, 9.17) is 16.3 Å². The van der Waals surface area contributed by atoms with Crippen molar-refractivity contribution in [3.8, 4) is 0 Å². The number of thioether (sulfide) groups is 1. The molecule has 0 aliphatic carbocycles. The Kier molecular flexibility index (Phi) is 8.48. The van der Waals surface area contributed by atoms with Crippen LogP contribution in [0.25, 0.3) is 0 Å². The first-order valence-corrected chi connectivity index (χ1v) is 13.7. The van der Waals surface area contributed by atoms with Crippen molar-refractivity contribution in [3.05, 3.63) is 54.6 Å². The highest BCUT2D eigenvalue weighted by Crippen LogP contribution is 2.66. The maximum absolute atomic E-state index is 14.2. The van der Waals surface area contributed by atoms with Crippen LogP contribution in [-0.4, -0.2) is 70.1 Å². The molecular weight excluding hydrogens is 500 g/mol. The van der Waals surface area contributed by atoms with Crippen molar-refractivity contribution in [2.75, 3.05) is 31.2 Å². The number of unbranched alkanes of at least 4 members (excludes halogenated alkanes) is 2. The van der Waals surface area contributed by atoms with Gasteiger partial charge in [-0.25, -0.2) is 0 Å². The quantitative estimate of drug-likeness (QED) is 0.250. The number of halogens is 1. The van der Waals surface area contributed by atoms with Gasteiger partial charge >= 0.3 is 5.97 Å². The molecule has 3 fully saturated rings. The number of rotatable bonds is 12. The van der Waals surface area contributed by atoms with Crippen molar-refractivity contribution in [1.29, 1.82) is 0 Å². The maximum Gasteiger partial charge on any atom is 0.310 e. The van der Waals surface area contributed by atoms with Crippen LogP contribution < -0.4 is 4.90 Å². The lowest BCUT2D eigenvalue weighted by Gasteiger charge is -2.37. The van der Waals surface area contributed by atoms with Gasteiger partial charge in [-0.3, -0.25) is 14.4 Å². The summed E-state index contributed by atoms with van der Waals surface area (Å²) in [5.74, 6) is -2.15. The van der Waals surface area contributed by atoms with Crippen molar-refractivity contribution in [3.63, 3.8) is 0 Å². The van der Waals surface area contributed by atoms with E-state index >= 15 is 0 Å². The largest absolute Gasteiger partial charge is 0.465 e. The van der Waals surface area contributed by atoms with E-state index in [2.05, 4.69) is 13.2 Å². The van der Waals surface area contributed by atoms with Crippen LogP contribution >= 0.6 is 23.4 Å². The molecule has 9 heteroatoms. The number of likely N-dealkylation sites (tertiary alicyclic amines) is 1. The van der Waals surface area contributed by atoms with Gasteiger partial charge in [0.05, 0.1) is 40.5 Å². The molecule has 3 aliphatic heterocycles. The first kappa shape index (κ1) is 26.8. The van der Waals surface area contributed by atoms with Gasteiger partial charge in [-0.2, -0.15) is 0 Å². The highest BCUT2D eigenvalue weighted by Gasteiger charge is 2.74. The molecule has 2 amide bonds. The van der Waals surface area contributed by atoms with Gasteiger partial charge in [0.1, 0.15) is 6.04 Å². The lowest BCUT2D eigenvalue weighted by Crippen LogP contribution is -2.55. The SMILES string of the molecule is C=CCCCCOC(=O)[C@@H]1[C@@H]2CCC3(S2)C(C(=O)N(CC=C)c2ccccc2Cl)N(CCO)C(=O)[C@H]13. The van der Waals surface area contributed by atoms with Crippen molar-refractivity contribution in [2.45, 2.75) is 48.1 Å². The van der Waals surface area contributed by atoms with Gasteiger partial charge in [0, 0.05) is 18.3 Å². The number of hydrogen-bond donors (Lipinski definition) is 1. The number of aliphatic hydroxyl groups is 1. The predicted molar refractivity (Wildman–Crippen MR) is 142 cm³/mol. The van der Waals surface area contributed by atoms with Crippen molar-refractivity contribution < 1.29 is 24.2 Å². The molecule has 2 bridgehead atoms. The fourth-order valence-corrected chi connectivity index (χ4v) is 8.40. The number of aliphatic hydroxyl groups excluding tert-OH is 1. The standard InChI is InChI=1S/C27H33ClN2O5S/c1-3-5-6-9-17-35-26(34)21-20-12-13-27(36-20)22(21)24(32)30(15-16-31)23(27)25(33)29(14-4-2)19-11-8-7-10-18(19)28/h3-4,7-8,10-11,20-23,31H,1-2,5-6,9,12-17H2/t20-,21+,22-,23?,27?/m0/s1. The van der Waals surface area contributed by atoms with Crippen LogP contribution in [0.4, 0.5) is 5.69 Å². The molecule has 3 saturated heterocycles. The van der Waals surface area contributed by atoms with Crippen molar-refractivity contribution in [1.82, 2.24) is 4.90 Å². The molecule has 0 aromatic heterocycles. The van der Waals surface area contributed by atoms with E-state index in [0.29, 0.717) is 23.7 Å². The van der Waals surface area contributed by atoms with Gasteiger partial charge in [-0.15, -0.1) is 24.9 Å². The Labute approximate surface area is 221 Å². The van der Waals surface area contributed by atoms with Gasteiger partial charge in [0.15, 0.2) is 0 Å². The molecule has 1 aromatic carbocycles. The summed E-state index contributed by atoms with van der Waals surface area (Å²) in [5.41, 5.74) is 0.536. The summed E-state index contributed by atoms with van der Waals surface area (Å²) in [7, 11) is 0. The van der Waals surface area contributed by atoms with Crippen LogP contribution in [0.3, 0.4) is 0 Å². The summed E-state index contributed by atoms with van der Waals surface area (Å²) in [6.07, 6.45) is 7.30. The van der Waals surface area contributed by atoms with Crippen LogP contribution in [0.2, 0.25) is 5.02 Å². The second kappa shape index (κ2) is 11.4. The van der Waals surface area contributed by atoms with Gasteiger partial charge in [0.2, 0.25) is 5.91 Å². The molecule has 194 valence electrons. The molecule has 36 heavy (non-hydrogen) atoms. The Morgan fingerprint density at radius 3 is 2.75 bits per heavy atom. The number of nitrogens with zero attached hydrogens (tertiary/aromatic N) is 2. The van der Waals surface area contributed by atoms with E-state index in [1.165, 1.54) is 4.90 Å². The summed E-state index contributed by atoms with van der Waals surface area (Å²) >= 11 is 8.02. The van der Waals surface area contributed by atoms with E-state index in [9.17, 15) is 19.5 Å². The zero-order valence-electron chi connectivity index (χ0n) is 20.3.